The number of anilines is 2. The Morgan fingerprint density at radius 1 is 1.23 bits per heavy atom. The second-order valence-electron chi connectivity index (χ2n) is 8.40. The van der Waals surface area contributed by atoms with E-state index in [9.17, 15) is 14.0 Å². The molecule has 0 saturated carbocycles. The van der Waals surface area contributed by atoms with Gasteiger partial charge in [0.25, 0.3) is 5.91 Å². The number of alkyl halides is 1. The predicted molar refractivity (Wildman–Crippen MR) is 129 cm³/mol. The number of pyridine rings is 1. The lowest BCUT2D eigenvalue weighted by Gasteiger charge is -2.17. The molecule has 4 rings (SSSR count). The van der Waals surface area contributed by atoms with E-state index in [1.54, 1.807) is 23.1 Å². The minimum Gasteiger partial charge on any atom is -0.480 e. The van der Waals surface area contributed by atoms with E-state index in [1.165, 1.54) is 25.6 Å². The Labute approximate surface area is 207 Å². The summed E-state index contributed by atoms with van der Waals surface area (Å²) < 4.78 is 18.3. The number of ether oxygens (including phenoxy) is 1. The molecule has 2 N–H and O–H groups in total. The molecule has 2 amide bonds. The summed E-state index contributed by atoms with van der Waals surface area (Å²) in [4.78, 5) is 41.2. The van der Waals surface area contributed by atoms with Gasteiger partial charge in [-0.2, -0.15) is 4.98 Å². The normalized spacial score (nSPS) is 20.4. The molecule has 2 fully saturated rings. The Morgan fingerprint density at radius 3 is 2.80 bits per heavy atom. The van der Waals surface area contributed by atoms with Crippen LogP contribution >= 0.6 is 11.6 Å². The van der Waals surface area contributed by atoms with Gasteiger partial charge in [0.05, 0.1) is 18.9 Å². The van der Waals surface area contributed by atoms with Gasteiger partial charge in [0.2, 0.25) is 17.7 Å². The fourth-order valence-corrected chi connectivity index (χ4v) is 4.18. The van der Waals surface area contributed by atoms with Gasteiger partial charge in [0.1, 0.15) is 17.0 Å². The monoisotopic (exact) mass is 503 g/mol. The molecule has 4 heterocycles. The number of rotatable bonds is 8. The van der Waals surface area contributed by atoms with Gasteiger partial charge >= 0.3 is 0 Å². The number of methoxy groups -OCH3 is 1. The van der Waals surface area contributed by atoms with Crippen LogP contribution in [0.15, 0.2) is 36.7 Å². The number of halogens is 2. The zero-order valence-electron chi connectivity index (χ0n) is 19.3. The first-order chi connectivity index (χ1) is 16.9. The number of carbonyl (C=O) groups excluding carboxylic acids is 2. The van der Waals surface area contributed by atoms with E-state index in [0.717, 1.165) is 6.42 Å². The van der Waals surface area contributed by atoms with Gasteiger partial charge in [-0.05, 0) is 25.0 Å². The van der Waals surface area contributed by atoms with Crippen LogP contribution in [0.3, 0.4) is 0 Å². The zero-order chi connectivity index (χ0) is 24.8. The third-order valence-electron chi connectivity index (χ3n) is 5.82. The number of hydrogen-bond acceptors (Lipinski definition) is 8. The zero-order valence-corrected chi connectivity index (χ0v) is 20.0. The molecule has 0 spiro atoms. The maximum atomic E-state index is 13.2. The third kappa shape index (κ3) is 6.64. The number of amides is 2. The lowest BCUT2D eigenvalue weighted by atomic mass is 10.2. The molecular weight excluding hydrogens is 477 g/mol. The van der Waals surface area contributed by atoms with E-state index in [1.807, 2.05) is 4.90 Å². The van der Waals surface area contributed by atoms with E-state index in [-0.39, 0.29) is 23.7 Å². The molecule has 35 heavy (non-hydrogen) atoms. The molecule has 2 saturated heterocycles. The van der Waals surface area contributed by atoms with Crippen LogP contribution in [0.1, 0.15) is 23.2 Å². The Balaban J connectivity index is 1.25. The molecule has 2 aromatic rings. The summed E-state index contributed by atoms with van der Waals surface area (Å²) in [6.45, 7) is 2.68. The SMILES string of the molecule is COc1nc(N[C@@H]2CCN(C(=O)c3ccc(NC(=O)C=CCN4CC[C@@H](F)C4)nc3)C2)ncc1Cl. The Morgan fingerprint density at radius 2 is 2.09 bits per heavy atom. The first kappa shape index (κ1) is 24.8. The summed E-state index contributed by atoms with van der Waals surface area (Å²) in [5.41, 5.74) is 0.429. The summed E-state index contributed by atoms with van der Waals surface area (Å²) in [5.74, 6) is 0.530. The fourth-order valence-electron chi connectivity index (χ4n) is 4.01. The molecular formula is C23H27ClFN7O3. The van der Waals surface area contributed by atoms with Crippen LogP contribution in [0.25, 0.3) is 0 Å². The Hall–Kier alpha value is -3.31. The van der Waals surface area contributed by atoms with Crippen molar-refractivity contribution in [3.05, 3.63) is 47.3 Å². The number of carbonyl (C=O) groups is 2. The largest absolute Gasteiger partial charge is 0.480 e. The number of nitrogens with one attached hydrogen (secondary N) is 2. The van der Waals surface area contributed by atoms with Gasteiger partial charge in [-0.15, -0.1) is 0 Å². The lowest BCUT2D eigenvalue weighted by Crippen LogP contribution is -2.32. The van der Waals surface area contributed by atoms with Crippen molar-refractivity contribution >= 4 is 35.2 Å². The van der Waals surface area contributed by atoms with Crippen molar-refractivity contribution in [2.45, 2.75) is 25.1 Å². The molecule has 2 atom stereocenters. The maximum Gasteiger partial charge on any atom is 0.255 e. The molecule has 12 heteroatoms. The number of likely N-dealkylation sites (tertiary alicyclic amines) is 2. The standard InChI is InChI=1S/C23H27ClFN7O3/c1-35-21-18(24)12-27-23(30-21)28-17-7-10-32(14-17)22(34)15-4-5-19(26-11-15)29-20(33)3-2-8-31-9-6-16(25)13-31/h2-5,11-12,16-17H,6-10,13-14H2,1H3,(H,26,29,33)(H,27,28,30)/t16-,17-/m1/s1. The topological polar surface area (TPSA) is 113 Å². The average molecular weight is 504 g/mol. The smallest absolute Gasteiger partial charge is 0.255 e. The number of nitrogens with zero attached hydrogens (tertiary/aromatic N) is 5. The van der Waals surface area contributed by atoms with Gasteiger partial charge in [-0.1, -0.05) is 17.7 Å². The highest BCUT2D eigenvalue weighted by Crippen LogP contribution is 2.23. The molecule has 10 nitrogen and oxygen atoms in total. The summed E-state index contributed by atoms with van der Waals surface area (Å²) >= 11 is 5.96. The number of aromatic nitrogens is 3. The fraction of sp³-hybridized carbons (Fsp3) is 0.435. The van der Waals surface area contributed by atoms with E-state index in [0.29, 0.717) is 61.5 Å². The molecule has 0 radical (unpaired) electrons. The Bertz CT molecular complexity index is 1090. The summed E-state index contributed by atoms with van der Waals surface area (Å²) in [6, 6.07) is 3.21. The minimum atomic E-state index is -0.785. The highest BCUT2D eigenvalue weighted by atomic mass is 35.5. The second kappa shape index (κ2) is 11.4. The van der Waals surface area contributed by atoms with Crippen LogP contribution in [-0.4, -0.2) is 88.6 Å². The highest BCUT2D eigenvalue weighted by Gasteiger charge is 2.28. The molecule has 0 aromatic carbocycles. The Kier molecular flexibility index (Phi) is 8.09. The minimum absolute atomic E-state index is 0.0144. The van der Waals surface area contributed by atoms with Crippen molar-refractivity contribution in [2.24, 2.45) is 0 Å². The second-order valence-corrected chi connectivity index (χ2v) is 8.81. The molecule has 0 unspecified atom stereocenters. The summed E-state index contributed by atoms with van der Waals surface area (Å²) in [6.07, 6.45) is 6.50. The summed E-state index contributed by atoms with van der Waals surface area (Å²) in [5, 5.41) is 6.18. The lowest BCUT2D eigenvalue weighted by molar-refractivity contribution is -0.111. The van der Waals surface area contributed by atoms with E-state index in [4.69, 9.17) is 16.3 Å². The van der Waals surface area contributed by atoms with Crippen LogP contribution in [0.5, 0.6) is 5.88 Å². The molecule has 2 aromatic heterocycles. The van der Waals surface area contributed by atoms with Crippen LogP contribution < -0.4 is 15.4 Å². The van der Waals surface area contributed by atoms with Crippen molar-refractivity contribution in [2.75, 3.05) is 50.5 Å². The third-order valence-corrected chi connectivity index (χ3v) is 6.08. The van der Waals surface area contributed by atoms with E-state index >= 15 is 0 Å². The maximum absolute atomic E-state index is 13.2. The van der Waals surface area contributed by atoms with Crippen LogP contribution in [-0.2, 0) is 4.79 Å². The molecule has 2 aliphatic heterocycles. The number of hydrogen-bond donors (Lipinski definition) is 2. The van der Waals surface area contributed by atoms with Crippen LogP contribution in [0.2, 0.25) is 5.02 Å². The van der Waals surface area contributed by atoms with E-state index in [2.05, 4.69) is 25.6 Å². The van der Waals surface area contributed by atoms with Crippen LogP contribution in [0, 0.1) is 0 Å². The highest BCUT2D eigenvalue weighted by molar-refractivity contribution is 6.31. The summed E-state index contributed by atoms with van der Waals surface area (Å²) in [7, 11) is 1.48. The molecule has 186 valence electrons. The van der Waals surface area contributed by atoms with Gasteiger partial charge in [-0.3, -0.25) is 14.5 Å². The van der Waals surface area contributed by atoms with Gasteiger partial charge < -0.3 is 20.3 Å². The van der Waals surface area contributed by atoms with Crippen molar-refractivity contribution in [3.8, 4) is 5.88 Å². The quantitative estimate of drug-likeness (QED) is 0.528. The molecule has 0 bridgehead atoms. The predicted octanol–water partition coefficient (Wildman–Crippen LogP) is 2.40. The van der Waals surface area contributed by atoms with E-state index < -0.39 is 6.17 Å². The average Bonchev–Trinajstić information content (AvgIpc) is 3.49. The molecule has 2 aliphatic rings. The van der Waals surface area contributed by atoms with Crippen molar-refractivity contribution < 1.29 is 18.7 Å². The van der Waals surface area contributed by atoms with Crippen molar-refractivity contribution in [1.29, 1.82) is 0 Å². The van der Waals surface area contributed by atoms with Crippen molar-refractivity contribution in [3.63, 3.8) is 0 Å². The van der Waals surface area contributed by atoms with Crippen LogP contribution in [0.4, 0.5) is 16.2 Å². The molecule has 0 aliphatic carbocycles. The first-order valence-electron chi connectivity index (χ1n) is 11.3. The van der Waals surface area contributed by atoms with Gasteiger partial charge in [-0.25, -0.2) is 14.4 Å². The first-order valence-corrected chi connectivity index (χ1v) is 11.7. The van der Waals surface area contributed by atoms with Gasteiger partial charge in [0, 0.05) is 51.0 Å². The van der Waals surface area contributed by atoms with Gasteiger partial charge in [0.15, 0.2) is 0 Å². The van der Waals surface area contributed by atoms with Crippen molar-refractivity contribution in [1.82, 2.24) is 24.8 Å².